The highest BCUT2D eigenvalue weighted by atomic mass is 35.5. The minimum absolute atomic E-state index is 0.370. The van der Waals surface area contributed by atoms with E-state index in [1.165, 1.54) is 17.1 Å². The zero-order valence-corrected chi connectivity index (χ0v) is 10.5. The highest BCUT2D eigenvalue weighted by Crippen LogP contribution is 2.25. The summed E-state index contributed by atoms with van der Waals surface area (Å²) in [5.41, 5.74) is 0. The molecule has 0 amide bonds. The number of thioether (sulfide) groups is 1. The lowest BCUT2D eigenvalue weighted by atomic mass is 10.1. The molecule has 2 aromatic rings. The Balaban J connectivity index is 2.12. The molecule has 2 aromatic carbocycles. The first-order chi connectivity index (χ1) is 8.16. The van der Waals surface area contributed by atoms with Gasteiger partial charge in [0.1, 0.15) is 5.38 Å². The lowest BCUT2D eigenvalue weighted by molar-refractivity contribution is -0.136. The molecule has 2 nitrogen and oxygen atoms in total. The van der Waals surface area contributed by atoms with E-state index in [1.54, 1.807) is 0 Å². The number of rotatable bonds is 4. The normalized spacial score (nSPS) is 12.5. The summed E-state index contributed by atoms with van der Waals surface area (Å²) in [4.78, 5) is 11.6. The molecule has 0 heterocycles. The largest absolute Gasteiger partial charge is 0.480 e. The molecule has 0 aliphatic carbocycles. The fourth-order valence-electron chi connectivity index (χ4n) is 1.50. The van der Waals surface area contributed by atoms with Crippen molar-refractivity contribution in [2.45, 2.75) is 10.3 Å². The molecule has 4 heteroatoms. The van der Waals surface area contributed by atoms with Gasteiger partial charge in [-0.05, 0) is 22.9 Å². The topological polar surface area (TPSA) is 37.3 Å². The van der Waals surface area contributed by atoms with Crippen LogP contribution < -0.4 is 0 Å². The van der Waals surface area contributed by atoms with Crippen molar-refractivity contribution >= 4 is 40.1 Å². The summed E-state index contributed by atoms with van der Waals surface area (Å²) in [5.74, 6) is -0.602. The first kappa shape index (κ1) is 12.3. The Hall–Kier alpha value is -1.19. The van der Waals surface area contributed by atoms with Crippen LogP contribution in [-0.2, 0) is 4.79 Å². The molecule has 0 aliphatic heterocycles. The maximum absolute atomic E-state index is 10.6. The molecule has 0 aromatic heterocycles. The Bertz CT molecular complexity index is 542. The Morgan fingerprint density at radius 2 is 1.94 bits per heavy atom. The van der Waals surface area contributed by atoms with Crippen molar-refractivity contribution in [1.82, 2.24) is 0 Å². The van der Waals surface area contributed by atoms with Gasteiger partial charge >= 0.3 is 5.97 Å². The van der Waals surface area contributed by atoms with Gasteiger partial charge in [-0.1, -0.05) is 30.3 Å². The number of carboxylic acids is 1. The molecular weight excluding hydrogens is 256 g/mol. The molecule has 0 bridgehead atoms. The first-order valence-corrected chi connectivity index (χ1v) is 6.57. The summed E-state index contributed by atoms with van der Waals surface area (Å²) in [7, 11) is 0. The van der Waals surface area contributed by atoms with Crippen LogP contribution in [0.2, 0.25) is 0 Å². The lowest BCUT2D eigenvalue weighted by Crippen LogP contribution is -2.15. The van der Waals surface area contributed by atoms with Crippen LogP contribution in [0.1, 0.15) is 0 Å². The number of alkyl halides is 1. The highest BCUT2D eigenvalue weighted by molar-refractivity contribution is 7.99. The summed E-state index contributed by atoms with van der Waals surface area (Å²) in [6.07, 6.45) is 0. The second-order valence-electron chi connectivity index (χ2n) is 3.63. The van der Waals surface area contributed by atoms with Crippen molar-refractivity contribution in [3.63, 3.8) is 0 Å². The van der Waals surface area contributed by atoms with E-state index in [0.717, 1.165) is 10.3 Å². The van der Waals surface area contributed by atoms with E-state index in [9.17, 15) is 4.79 Å². The second-order valence-corrected chi connectivity index (χ2v) is 5.25. The van der Waals surface area contributed by atoms with Gasteiger partial charge < -0.3 is 5.11 Å². The first-order valence-electron chi connectivity index (χ1n) is 5.15. The number of fused-ring (bicyclic) bond motifs is 1. The molecule has 1 N–H and O–H groups in total. The van der Waals surface area contributed by atoms with E-state index in [2.05, 4.69) is 0 Å². The molecule has 0 spiro atoms. The lowest BCUT2D eigenvalue weighted by Gasteiger charge is -2.05. The standard InChI is InChI=1S/C13H11ClO2S/c14-12(13(15)16)8-17-11-6-5-9-3-1-2-4-10(9)7-11/h1-7,12H,8H2,(H,15,16). The Morgan fingerprint density at radius 3 is 2.65 bits per heavy atom. The molecule has 1 unspecified atom stereocenters. The number of halogens is 1. The minimum Gasteiger partial charge on any atom is -0.480 e. The van der Waals surface area contributed by atoms with Gasteiger partial charge in [-0.3, -0.25) is 4.79 Å². The van der Waals surface area contributed by atoms with E-state index in [0.29, 0.717) is 5.75 Å². The molecule has 88 valence electrons. The average Bonchev–Trinajstić information content (AvgIpc) is 2.35. The Kier molecular flexibility index (Phi) is 3.92. The Labute approximate surface area is 109 Å². The van der Waals surface area contributed by atoms with Crippen LogP contribution in [0.15, 0.2) is 47.4 Å². The fourth-order valence-corrected chi connectivity index (χ4v) is 2.54. The molecule has 0 saturated carbocycles. The third-order valence-electron chi connectivity index (χ3n) is 2.39. The quantitative estimate of drug-likeness (QED) is 0.678. The molecule has 0 saturated heterocycles. The van der Waals surface area contributed by atoms with E-state index < -0.39 is 11.3 Å². The van der Waals surface area contributed by atoms with Gasteiger partial charge in [0.05, 0.1) is 0 Å². The van der Waals surface area contributed by atoms with Gasteiger partial charge in [-0.2, -0.15) is 0 Å². The number of benzene rings is 2. The third-order valence-corrected chi connectivity index (χ3v) is 4.00. The van der Waals surface area contributed by atoms with Crippen LogP contribution in [0.5, 0.6) is 0 Å². The predicted molar refractivity (Wildman–Crippen MR) is 71.9 cm³/mol. The highest BCUT2D eigenvalue weighted by Gasteiger charge is 2.13. The van der Waals surface area contributed by atoms with Gasteiger partial charge in [0.25, 0.3) is 0 Å². The number of carbonyl (C=O) groups is 1. The van der Waals surface area contributed by atoms with Crippen LogP contribution in [0.3, 0.4) is 0 Å². The zero-order chi connectivity index (χ0) is 12.3. The van der Waals surface area contributed by atoms with Crippen LogP contribution in [-0.4, -0.2) is 22.2 Å². The van der Waals surface area contributed by atoms with Crippen molar-refractivity contribution in [3.8, 4) is 0 Å². The van der Waals surface area contributed by atoms with Crippen molar-refractivity contribution in [2.24, 2.45) is 0 Å². The van der Waals surface area contributed by atoms with Crippen molar-refractivity contribution in [3.05, 3.63) is 42.5 Å². The van der Waals surface area contributed by atoms with Crippen LogP contribution in [0.4, 0.5) is 0 Å². The van der Waals surface area contributed by atoms with E-state index >= 15 is 0 Å². The van der Waals surface area contributed by atoms with Gasteiger partial charge in [0, 0.05) is 10.6 Å². The fraction of sp³-hybridized carbons (Fsp3) is 0.154. The summed E-state index contributed by atoms with van der Waals surface area (Å²) in [5, 5.41) is 10.2. The average molecular weight is 267 g/mol. The van der Waals surface area contributed by atoms with Crippen molar-refractivity contribution in [1.29, 1.82) is 0 Å². The number of hydrogen-bond acceptors (Lipinski definition) is 2. The van der Waals surface area contributed by atoms with Crippen LogP contribution in [0.25, 0.3) is 10.8 Å². The summed E-state index contributed by atoms with van der Waals surface area (Å²) in [6, 6.07) is 14.1. The zero-order valence-electron chi connectivity index (χ0n) is 8.97. The maximum Gasteiger partial charge on any atom is 0.322 e. The molecular formula is C13H11ClO2S. The molecule has 0 radical (unpaired) electrons. The van der Waals surface area contributed by atoms with Crippen molar-refractivity contribution in [2.75, 3.05) is 5.75 Å². The van der Waals surface area contributed by atoms with Crippen molar-refractivity contribution < 1.29 is 9.90 Å². The number of hydrogen-bond donors (Lipinski definition) is 1. The second kappa shape index (κ2) is 5.43. The van der Waals surface area contributed by atoms with Gasteiger partial charge in [0.2, 0.25) is 0 Å². The van der Waals surface area contributed by atoms with Crippen LogP contribution in [0, 0.1) is 0 Å². The van der Waals surface area contributed by atoms with E-state index in [4.69, 9.17) is 16.7 Å². The molecule has 1 atom stereocenters. The SMILES string of the molecule is O=C(O)C(Cl)CSc1ccc2ccccc2c1. The van der Waals surface area contributed by atoms with Gasteiger partial charge in [0.15, 0.2) is 0 Å². The monoisotopic (exact) mass is 266 g/mol. The molecule has 0 fully saturated rings. The third kappa shape index (κ3) is 3.14. The molecule has 0 aliphatic rings. The van der Waals surface area contributed by atoms with E-state index in [-0.39, 0.29) is 0 Å². The van der Waals surface area contributed by atoms with Gasteiger partial charge in [-0.25, -0.2) is 0 Å². The summed E-state index contributed by atoms with van der Waals surface area (Å²) in [6.45, 7) is 0. The molecule has 2 rings (SSSR count). The Morgan fingerprint density at radius 1 is 1.24 bits per heavy atom. The smallest absolute Gasteiger partial charge is 0.322 e. The summed E-state index contributed by atoms with van der Waals surface area (Å²) >= 11 is 7.12. The number of aliphatic carboxylic acids is 1. The van der Waals surface area contributed by atoms with E-state index in [1.807, 2.05) is 42.5 Å². The van der Waals surface area contributed by atoms with Crippen LogP contribution >= 0.6 is 23.4 Å². The number of carboxylic acid groups (broad SMARTS) is 1. The maximum atomic E-state index is 10.6. The minimum atomic E-state index is -0.972. The molecule has 17 heavy (non-hydrogen) atoms. The summed E-state index contributed by atoms with van der Waals surface area (Å²) < 4.78 is 0. The van der Waals surface area contributed by atoms with Gasteiger partial charge in [-0.15, -0.1) is 23.4 Å². The predicted octanol–water partition coefficient (Wildman–Crippen LogP) is 3.62.